The minimum Gasteiger partial charge on any atom is -0.495 e. The van der Waals surface area contributed by atoms with Crippen LogP contribution in [0.25, 0.3) is 0 Å². The Balaban J connectivity index is 2.52. The Hall–Kier alpha value is -1.40. The maximum atomic E-state index is 12.3. The van der Waals surface area contributed by atoms with Crippen molar-refractivity contribution in [3.63, 3.8) is 0 Å². The second kappa shape index (κ2) is 5.49. The van der Waals surface area contributed by atoms with E-state index in [2.05, 4.69) is 20.9 Å². The topological polar surface area (TPSA) is 48.4 Å². The van der Waals surface area contributed by atoms with Crippen LogP contribution in [0.15, 0.2) is 28.3 Å². The predicted octanol–water partition coefficient (Wildman–Crippen LogP) is 3.15. The first-order valence-corrected chi connectivity index (χ1v) is 6.70. The monoisotopic (exact) mass is 327 g/mol. The Morgan fingerprint density at radius 3 is 2.67 bits per heavy atom. The molecule has 0 amide bonds. The van der Waals surface area contributed by atoms with Crippen LogP contribution < -0.4 is 9.47 Å². The molecular formula is C12H10BrNO3S. The van der Waals surface area contributed by atoms with Gasteiger partial charge in [-0.05, 0) is 28.1 Å². The molecule has 0 aliphatic carbocycles. The minimum atomic E-state index is -0.113. The number of aromatic nitrogens is 1. The highest BCUT2D eigenvalue weighted by Gasteiger charge is 2.20. The van der Waals surface area contributed by atoms with Gasteiger partial charge in [-0.25, -0.2) is 0 Å². The van der Waals surface area contributed by atoms with Crippen molar-refractivity contribution < 1.29 is 14.3 Å². The average molecular weight is 328 g/mol. The van der Waals surface area contributed by atoms with Gasteiger partial charge >= 0.3 is 0 Å². The molecule has 4 nitrogen and oxygen atoms in total. The molecule has 2 rings (SSSR count). The lowest BCUT2D eigenvalue weighted by atomic mass is 10.1. The van der Waals surface area contributed by atoms with Gasteiger partial charge in [-0.2, -0.15) is 0 Å². The molecule has 0 saturated carbocycles. The van der Waals surface area contributed by atoms with Crippen molar-refractivity contribution in [2.45, 2.75) is 0 Å². The highest BCUT2D eigenvalue weighted by atomic mass is 79.9. The summed E-state index contributed by atoms with van der Waals surface area (Å²) in [5, 5.41) is 0. The number of carbonyl (C=O) groups is 1. The maximum absolute atomic E-state index is 12.3. The van der Waals surface area contributed by atoms with E-state index < -0.39 is 0 Å². The second-order valence-corrected chi connectivity index (χ2v) is 5.04. The summed E-state index contributed by atoms with van der Waals surface area (Å²) >= 11 is 4.67. The molecule has 0 unspecified atom stereocenters. The zero-order chi connectivity index (χ0) is 13.1. The fourth-order valence-corrected chi connectivity index (χ4v) is 2.78. The number of methoxy groups -OCH3 is 2. The van der Waals surface area contributed by atoms with Crippen LogP contribution in [-0.2, 0) is 0 Å². The smallest absolute Gasteiger partial charge is 0.208 e. The molecule has 0 radical (unpaired) electrons. The van der Waals surface area contributed by atoms with Crippen LogP contribution in [0.5, 0.6) is 11.5 Å². The number of hydrogen-bond donors (Lipinski definition) is 0. The van der Waals surface area contributed by atoms with E-state index >= 15 is 0 Å². The summed E-state index contributed by atoms with van der Waals surface area (Å²) in [5.41, 5.74) is 2.10. The predicted molar refractivity (Wildman–Crippen MR) is 72.8 cm³/mol. The molecule has 94 valence electrons. The standard InChI is InChI=1S/C12H10BrNO3S/c1-16-8-4-3-7(12(17-2)10(8)13)11(15)9-5-14-6-18-9/h3-6H,1-2H3. The normalized spacial score (nSPS) is 10.2. The highest BCUT2D eigenvalue weighted by Crippen LogP contribution is 2.38. The lowest BCUT2D eigenvalue weighted by molar-refractivity contribution is 0.103. The van der Waals surface area contributed by atoms with Crippen LogP contribution in [-0.4, -0.2) is 25.0 Å². The molecule has 0 fully saturated rings. The lowest BCUT2D eigenvalue weighted by Gasteiger charge is -2.11. The first kappa shape index (κ1) is 13.0. The molecule has 2 aromatic rings. The molecule has 0 saturated heterocycles. The summed E-state index contributed by atoms with van der Waals surface area (Å²) in [4.78, 5) is 16.7. The maximum Gasteiger partial charge on any atom is 0.208 e. The molecule has 0 bridgehead atoms. The first-order chi connectivity index (χ1) is 8.69. The van der Waals surface area contributed by atoms with Gasteiger partial charge in [0.25, 0.3) is 0 Å². The Morgan fingerprint density at radius 2 is 2.11 bits per heavy atom. The van der Waals surface area contributed by atoms with Crippen molar-refractivity contribution in [1.29, 1.82) is 0 Å². The number of carbonyl (C=O) groups excluding carboxylic acids is 1. The van der Waals surface area contributed by atoms with Gasteiger partial charge < -0.3 is 9.47 Å². The molecule has 1 aromatic heterocycles. The Labute approximate surface area is 117 Å². The average Bonchev–Trinajstić information content (AvgIpc) is 2.91. The number of hydrogen-bond acceptors (Lipinski definition) is 5. The van der Waals surface area contributed by atoms with Crippen LogP contribution in [0.2, 0.25) is 0 Å². The molecular weight excluding hydrogens is 318 g/mol. The van der Waals surface area contributed by atoms with Crippen LogP contribution in [0.3, 0.4) is 0 Å². The fraction of sp³-hybridized carbons (Fsp3) is 0.167. The summed E-state index contributed by atoms with van der Waals surface area (Å²) in [6, 6.07) is 3.41. The van der Waals surface area contributed by atoms with Crippen LogP contribution in [0.1, 0.15) is 15.2 Å². The summed E-state index contributed by atoms with van der Waals surface area (Å²) in [6.07, 6.45) is 1.55. The third-order valence-corrected chi connectivity index (χ3v) is 3.91. The van der Waals surface area contributed by atoms with Crippen molar-refractivity contribution in [3.05, 3.63) is 38.8 Å². The Morgan fingerprint density at radius 1 is 1.33 bits per heavy atom. The highest BCUT2D eigenvalue weighted by molar-refractivity contribution is 9.10. The van der Waals surface area contributed by atoms with Gasteiger partial charge in [-0.3, -0.25) is 9.78 Å². The molecule has 1 heterocycles. The van der Waals surface area contributed by atoms with Crippen molar-refractivity contribution in [3.8, 4) is 11.5 Å². The molecule has 1 aromatic carbocycles. The van der Waals surface area contributed by atoms with Crippen molar-refractivity contribution in [2.75, 3.05) is 14.2 Å². The lowest BCUT2D eigenvalue weighted by Crippen LogP contribution is -2.03. The SMILES string of the molecule is COc1ccc(C(=O)c2cncs2)c(OC)c1Br. The molecule has 0 spiro atoms. The minimum absolute atomic E-state index is 0.113. The van der Waals surface area contributed by atoms with E-state index in [9.17, 15) is 4.79 Å². The molecule has 0 aliphatic rings. The van der Waals surface area contributed by atoms with E-state index in [4.69, 9.17) is 9.47 Å². The molecule has 0 atom stereocenters. The summed E-state index contributed by atoms with van der Waals surface area (Å²) < 4.78 is 11.1. The fourth-order valence-electron chi connectivity index (χ4n) is 1.53. The molecule has 18 heavy (non-hydrogen) atoms. The van der Waals surface area contributed by atoms with Crippen LogP contribution in [0.4, 0.5) is 0 Å². The summed E-state index contributed by atoms with van der Waals surface area (Å²) in [7, 11) is 3.08. The number of rotatable bonds is 4. The van der Waals surface area contributed by atoms with E-state index in [0.717, 1.165) is 0 Å². The molecule has 0 aliphatic heterocycles. The van der Waals surface area contributed by atoms with Gasteiger partial charge in [0, 0.05) is 6.20 Å². The number of ether oxygens (including phenoxy) is 2. The first-order valence-electron chi connectivity index (χ1n) is 5.02. The number of benzene rings is 1. The van der Waals surface area contributed by atoms with Gasteiger partial charge in [0.1, 0.15) is 16.0 Å². The van der Waals surface area contributed by atoms with Gasteiger partial charge in [-0.1, -0.05) is 0 Å². The van der Waals surface area contributed by atoms with Crippen LogP contribution in [0, 0.1) is 0 Å². The Bertz CT molecular complexity index is 569. The molecule has 0 N–H and O–H groups in total. The number of nitrogens with zero attached hydrogens (tertiary/aromatic N) is 1. The zero-order valence-electron chi connectivity index (χ0n) is 9.77. The molecule has 6 heteroatoms. The van der Waals surface area contributed by atoms with Crippen molar-refractivity contribution >= 4 is 33.0 Å². The van der Waals surface area contributed by atoms with Gasteiger partial charge in [-0.15, -0.1) is 11.3 Å². The van der Waals surface area contributed by atoms with Crippen molar-refractivity contribution in [1.82, 2.24) is 4.98 Å². The Kier molecular flexibility index (Phi) is 3.98. The quantitative estimate of drug-likeness (QED) is 0.809. The second-order valence-electron chi connectivity index (χ2n) is 3.36. The summed E-state index contributed by atoms with van der Waals surface area (Å²) in [6.45, 7) is 0. The number of halogens is 1. The van der Waals surface area contributed by atoms with Gasteiger partial charge in [0.2, 0.25) is 5.78 Å². The van der Waals surface area contributed by atoms with Crippen LogP contribution >= 0.6 is 27.3 Å². The summed E-state index contributed by atoms with van der Waals surface area (Å²) in [5.74, 6) is 0.971. The third-order valence-electron chi connectivity index (χ3n) is 2.39. The van der Waals surface area contributed by atoms with E-state index in [-0.39, 0.29) is 5.78 Å². The van der Waals surface area contributed by atoms with Gasteiger partial charge in [0.15, 0.2) is 0 Å². The largest absolute Gasteiger partial charge is 0.495 e. The van der Waals surface area contributed by atoms with Gasteiger partial charge in [0.05, 0.1) is 30.2 Å². The number of thiazole rings is 1. The number of ketones is 1. The van der Waals surface area contributed by atoms with E-state index in [1.54, 1.807) is 30.9 Å². The van der Waals surface area contributed by atoms with Crippen molar-refractivity contribution in [2.24, 2.45) is 0 Å². The zero-order valence-corrected chi connectivity index (χ0v) is 12.2. The third kappa shape index (κ3) is 2.26. The van der Waals surface area contributed by atoms with E-state index in [1.807, 2.05) is 0 Å². The van der Waals surface area contributed by atoms with E-state index in [0.29, 0.717) is 26.4 Å². The van der Waals surface area contributed by atoms with E-state index in [1.165, 1.54) is 18.4 Å².